The smallest absolute Gasteiger partial charge is 0.323 e. The average Bonchev–Trinajstić information content (AvgIpc) is 3.60. The third-order valence-electron chi connectivity index (χ3n) is 7.92. The van der Waals surface area contributed by atoms with Crippen molar-refractivity contribution in [3.8, 4) is 11.5 Å². The Balaban J connectivity index is 1.03. The van der Waals surface area contributed by atoms with Crippen LogP contribution in [0.1, 0.15) is 25.7 Å². The van der Waals surface area contributed by atoms with Gasteiger partial charge in [-0.05, 0) is 81.2 Å². The van der Waals surface area contributed by atoms with Crippen LogP contribution in [0.5, 0.6) is 11.5 Å². The predicted molar refractivity (Wildman–Crippen MR) is 151 cm³/mol. The lowest BCUT2D eigenvalue weighted by atomic mass is 10.0. The molecule has 3 N–H and O–H groups in total. The summed E-state index contributed by atoms with van der Waals surface area (Å²) in [6, 6.07) is 12.4. The molecule has 218 valence electrons. The number of carbonyl (C=O) groups excluding carboxylic acids is 3. The minimum atomic E-state index is -1.32. The molecular weight excluding hydrogens is 546 g/mol. The van der Waals surface area contributed by atoms with Crippen molar-refractivity contribution >= 4 is 35.0 Å². The second kappa shape index (κ2) is 11.4. The first-order valence-corrected chi connectivity index (χ1v) is 13.9. The molecule has 0 unspecified atom stereocenters. The van der Waals surface area contributed by atoms with Crippen LogP contribution in [0.4, 0.5) is 30.8 Å². The van der Waals surface area contributed by atoms with Gasteiger partial charge in [-0.25, -0.2) is 18.6 Å². The van der Waals surface area contributed by atoms with Gasteiger partial charge in [0.15, 0.2) is 0 Å². The molecule has 12 heteroatoms. The molecule has 1 aliphatic carbocycles. The number of anilines is 3. The number of aromatic nitrogens is 1. The van der Waals surface area contributed by atoms with Crippen LogP contribution in [0.15, 0.2) is 60.8 Å². The number of ether oxygens (including phenoxy) is 1. The highest BCUT2D eigenvalue weighted by molar-refractivity contribution is 6.16. The Hall–Kier alpha value is -4.58. The van der Waals surface area contributed by atoms with Crippen LogP contribution in [0, 0.1) is 17.0 Å². The zero-order valence-corrected chi connectivity index (χ0v) is 22.7. The monoisotopic (exact) mass is 576 g/mol. The lowest BCUT2D eigenvalue weighted by Gasteiger charge is -2.43. The van der Waals surface area contributed by atoms with Crippen molar-refractivity contribution in [2.24, 2.45) is 5.41 Å². The molecule has 2 aliphatic heterocycles. The molecule has 3 fully saturated rings. The number of nitrogens with one attached hydrogen (secondary N) is 3. The van der Waals surface area contributed by atoms with Gasteiger partial charge in [0, 0.05) is 43.1 Å². The van der Waals surface area contributed by atoms with Gasteiger partial charge in [-0.15, -0.1) is 0 Å². The maximum absolute atomic E-state index is 14.9. The molecule has 2 aromatic carbocycles. The standard InChI is InChI=1S/C30H30F2N6O4/c31-19-3-5-20(6-4-19)34-27(39)30(10-11-30)28(40)35-25-8-7-22(15-24(25)32)42-23-9-12-33-26(16-23)36-29(41)38-17-21(18-38)37-13-1-2-14-37/h3-9,12,15-16,21H,1-2,10-11,13-14,17-18H2,(H,34,39)(H,35,40)(H,33,36,41). The largest absolute Gasteiger partial charge is 0.457 e. The number of hydrogen-bond donors (Lipinski definition) is 3. The van der Waals surface area contributed by atoms with Crippen LogP contribution >= 0.6 is 0 Å². The fourth-order valence-corrected chi connectivity index (χ4v) is 5.20. The SMILES string of the molecule is O=C(Nc1cc(Oc2ccc(NC(=O)C3(C(=O)Nc4ccc(F)cc4)CC3)c(F)c2)ccn1)N1CC(N2CCCC2)C1. The zero-order chi connectivity index (χ0) is 29.3. The van der Waals surface area contributed by atoms with Gasteiger partial charge in [0.25, 0.3) is 0 Å². The molecule has 3 aromatic rings. The number of likely N-dealkylation sites (tertiary alicyclic amines) is 2. The van der Waals surface area contributed by atoms with Crippen LogP contribution in [-0.4, -0.2) is 64.9 Å². The molecule has 0 radical (unpaired) electrons. The fraction of sp³-hybridized carbons (Fsp3) is 0.333. The highest BCUT2D eigenvalue weighted by Crippen LogP contribution is 2.47. The molecular formula is C30H30F2N6O4. The van der Waals surface area contributed by atoms with Gasteiger partial charge < -0.3 is 20.3 Å². The summed E-state index contributed by atoms with van der Waals surface area (Å²) < 4.78 is 33.8. The van der Waals surface area contributed by atoms with Crippen LogP contribution in [0.2, 0.25) is 0 Å². The highest BCUT2D eigenvalue weighted by Gasteiger charge is 2.56. The summed E-state index contributed by atoms with van der Waals surface area (Å²) in [5.74, 6) is -1.54. The van der Waals surface area contributed by atoms with E-state index >= 15 is 0 Å². The van der Waals surface area contributed by atoms with Gasteiger partial charge in [0.1, 0.15) is 34.4 Å². The van der Waals surface area contributed by atoms with Crippen molar-refractivity contribution in [2.75, 3.05) is 42.1 Å². The van der Waals surface area contributed by atoms with Crippen LogP contribution < -0.4 is 20.7 Å². The number of nitrogens with zero attached hydrogens (tertiary/aromatic N) is 3. The van der Waals surface area contributed by atoms with Crippen molar-refractivity contribution in [2.45, 2.75) is 31.7 Å². The van der Waals surface area contributed by atoms with E-state index in [1.165, 1.54) is 55.4 Å². The van der Waals surface area contributed by atoms with Crippen molar-refractivity contribution in [1.29, 1.82) is 0 Å². The van der Waals surface area contributed by atoms with Gasteiger partial charge in [-0.2, -0.15) is 0 Å². The normalized spacial score (nSPS) is 17.7. The number of hydrogen-bond acceptors (Lipinski definition) is 6. The number of benzene rings is 2. The predicted octanol–water partition coefficient (Wildman–Crippen LogP) is 4.82. The van der Waals surface area contributed by atoms with E-state index in [1.54, 1.807) is 17.0 Å². The van der Waals surface area contributed by atoms with E-state index in [1.807, 2.05) is 0 Å². The lowest BCUT2D eigenvalue weighted by molar-refractivity contribution is -0.131. The number of rotatable bonds is 8. The van der Waals surface area contributed by atoms with Crippen molar-refractivity contribution < 1.29 is 27.9 Å². The van der Waals surface area contributed by atoms with Crippen molar-refractivity contribution in [3.63, 3.8) is 0 Å². The summed E-state index contributed by atoms with van der Waals surface area (Å²) in [4.78, 5) is 46.6. The third-order valence-corrected chi connectivity index (χ3v) is 7.92. The number of amides is 4. The number of pyridine rings is 1. The minimum absolute atomic E-state index is 0.0994. The molecule has 3 aliphatic rings. The first-order valence-electron chi connectivity index (χ1n) is 13.9. The van der Waals surface area contributed by atoms with E-state index < -0.39 is 28.9 Å². The van der Waals surface area contributed by atoms with Gasteiger partial charge >= 0.3 is 6.03 Å². The van der Waals surface area contributed by atoms with E-state index in [2.05, 4.69) is 25.8 Å². The summed E-state index contributed by atoms with van der Waals surface area (Å²) in [6.45, 7) is 3.55. The Morgan fingerprint density at radius 3 is 2.24 bits per heavy atom. The van der Waals surface area contributed by atoms with E-state index in [4.69, 9.17) is 4.74 Å². The first kappa shape index (κ1) is 27.6. The van der Waals surface area contributed by atoms with Crippen molar-refractivity contribution in [1.82, 2.24) is 14.8 Å². The summed E-state index contributed by atoms with van der Waals surface area (Å²) in [6.07, 6.45) is 4.52. The van der Waals surface area contributed by atoms with Gasteiger partial charge in [-0.3, -0.25) is 19.8 Å². The van der Waals surface area contributed by atoms with Crippen molar-refractivity contribution in [3.05, 3.63) is 72.4 Å². The molecule has 0 bridgehead atoms. The summed E-state index contributed by atoms with van der Waals surface area (Å²) in [7, 11) is 0. The molecule has 4 amide bonds. The number of urea groups is 1. The molecule has 0 atom stereocenters. The van der Waals surface area contributed by atoms with E-state index in [0.717, 1.165) is 19.2 Å². The zero-order valence-electron chi connectivity index (χ0n) is 22.7. The minimum Gasteiger partial charge on any atom is -0.457 e. The molecule has 6 rings (SSSR count). The molecule has 10 nitrogen and oxygen atoms in total. The summed E-state index contributed by atoms with van der Waals surface area (Å²) in [5, 5.41) is 7.89. The van der Waals surface area contributed by atoms with Gasteiger partial charge in [-0.1, -0.05) is 0 Å². The second-order valence-corrected chi connectivity index (χ2v) is 10.8. The summed E-state index contributed by atoms with van der Waals surface area (Å²) in [5.41, 5.74) is -1.06. The third kappa shape index (κ3) is 5.89. The molecule has 3 heterocycles. The second-order valence-electron chi connectivity index (χ2n) is 10.8. The number of halogens is 2. The van der Waals surface area contributed by atoms with Crippen LogP contribution in [0.25, 0.3) is 0 Å². The Kier molecular flexibility index (Phi) is 7.46. The maximum atomic E-state index is 14.9. The Morgan fingerprint density at radius 2 is 1.55 bits per heavy atom. The molecule has 2 saturated heterocycles. The summed E-state index contributed by atoms with van der Waals surface area (Å²) >= 11 is 0. The highest BCUT2D eigenvalue weighted by atomic mass is 19.1. The average molecular weight is 577 g/mol. The van der Waals surface area contributed by atoms with E-state index in [0.29, 0.717) is 49.2 Å². The fourth-order valence-electron chi connectivity index (χ4n) is 5.20. The Bertz CT molecular complexity index is 1500. The van der Waals surface area contributed by atoms with E-state index in [9.17, 15) is 23.2 Å². The first-order chi connectivity index (χ1) is 20.3. The molecule has 42 heavy (non-hydrogen) atoms. The Labute approximate surface area is 241 Å². The van der Waals surface area contributed by atoms with Gasteiger partial charge in [0.2, 0.25) is 11.8 Å². The van der Waals surface area contributed by atoms with Crippen LogP contribution in [0.3, 0.4) is 0 Å². The van der Waals surface area contributed by atoms with Crippen LogP contribution in [-0.2, 0) is 9.59 Å². The van der Waals surface area contributed by atoms with E-state index in [-0.39, 0.29) is 17.5 Å². The molecule has 1 saturated carbocycles. The lowest BCUT2D eigenvalue weighted by Crippen LogP contribution is -2.61. The van der Waals surface area contributed by atoms with Gasteiger partial charge in [0.05, 0.1) is 5.69 Å². The maximum Gasteiger partial charge on any atom is 0.323 e. The topological polar surface area (TPSA) is 116 Å². The molecule has 1 aromatic heterocycles. The quantitative estimate of drug-likeness (QED) is 0.331. The number of carbonyl (C=O) groups is 3. The Morgan fingerprint density at radius 1 is 0.857 bits per heavy atom. The molecule has 0 spiro atoms.